The van der Waals surface area contributed by atoms with Gasteiger partial charge >= 0.3 is 5.69 Å². The number of hydrogen-bond acceptors (Lipinski definition) is 4. The molecule has 0 amide bonds. The molecule has 0 unspecified atom stereocenters. The Morgan fingerprint density at radius 2 is 1.69 bits per heavy atom. The fourth-order valence-corrected chi connectivity index (χ4v) is 4.11. The third kappa shape index (κ3) is 4.16. The van der Waals surface area contributed by atoms with Crippen LogP contribution in [0.25, 0.3) is 11.2 Å². The number of aromatic nitrogens is 4. The van der Waals surface area contributed by atoms with E-state index < -0.39 is 0 Å². The van der Waals surface area contributed by atoms with Crippen LogP contribution in [0.3, 0.4) is 0 Å². The molecule has 0 radical (unpaired) electrons. The molecule has 1 aliphatic heterocycles. The second-order valence-electron chi connectivity index (χ2n) is 7.67. The first-order valence-electron chi connectivity index (χ1n) is 9.96. The SMILES string of the molecule is Cl.Cn1c(=O)c2c(ncn2CCCCCN2CCc3ccccc3C2)n(C)c1=O. The van der Waals surface area contributed by atoms with Gasteiger partial charge in [-0.15, -0.1) is 12.4 Å². The third-order valence-electron chi connectivity index (χ3n) is 5.80. The second kappa shape index (κ2) is 8.97. The highest BCUT2D eigenvalue weighted by atomic mass is 35.5. The van der Waals surface area contributed by atoms with Crippen molar-refractivity contribution in [2.75, 3.05) is 13.1 Å². The van der Waals surface area contributed by atoms with Crippen molar-refractivity contribution in [3.63, 3.8) is 0 Å². The summed E-state index contributed by atoms with van der Waals surface area (Å²) in [5.41, 5.74) is 3.30. The van der Waals surface area contributed by atoms with Crippen molar-refractivity contribution in [2.45, 2.75) is 38.8 Å². The van der Waals surface area contributed by atoms with Crippen LogP contribution in [0.4, 0.5) is 0 Å². The number of benzene rings is 1. The van der Waals surface area contributed by atoms with E-state index >= 15 is 0 Å². The first kappa shape index (κ1) is 21.3. The number of halogens is 1. The molecule has 4 rings (SSSR count). The van der Waals surface area contributed by atoms with E-state index in [0.717, 1.165) is 56.4 Å². The van der Waals surface area contributed by atoms with Gasteiger partial charge in [0.25, 0.3) is 5.56 Å². The van der Waals surface area contributed by atoms with E-state index in [2.05, 4.69) is 34.1 Å². The van der Waals surface area contributed by atoms with Crippen LogP contribution < -0.4 is 11.2 Å². The molecule has 0 spiro atoms. The van der Waals surface area contributed by atoms with Crippen molar-refractivity contribution in [3.8, 4) is 0 Å². The summed E-state index contributed by atoms with van der Waals surface area (Å²) in [6, 6.07) is 8.72. The molecule has 1 aliphatic rings. The van der Waals surface area contributed by atoms with Gasteiger partial charge in [-0.05, 0) is 36.9 Å². The Bertz CT molecular complexity index is 1110. The van der Waals surface area contributed by atoms with E-state index in [-0.39, 0.29) is 23.7 Å². The van der Waals surface area contributed by atoms with Crippen molar-refractivity contribution in [1.29, 1.82) is 0 Å². The first-order valence-corrected chi connectivity index (χ1v) is 9.96. The maximum atomic E-state index is 12.5. The van der Waals surface area contributed by atoms with Gasteiger partial charge in [-0.1, -0.05) is 30.7 Å². The summed E-state index contributed by atoms with van der Waals surface area (Å²) in [6.07, 6.45) is 6.05. The van der Waals surface area contributed by atoms with Gasteiger partial charge in [0.05, 0.1) is 6.33 Å². The van der Waals surface area contributed by atoms with Crippen LogP contribution in [-0.4, -0.2) is 36.7 Å². The highest BCUT2D eigenvalue weighted by molar-refractivity contribution is 5.85. The van der Waals surface area contributed by atoms with E-state index in [1.165, 1.54) is 22.7 Å². The molecule has 8 heteroatoms. The van der Waals surface area contributed by atoms with Crippen LogP contribution in [0.2, 0.25) is 0 Å². The van der Waals surface area contributed by atoms with Crippen LogP contribution in [0.15, 0.2) is 40.2 Å². The fraction of sp³-hybridized carbons (Fsp3) is 0.476. The summed E-state index contributed by atoms with van der Waals surface area (Å²) in [7, 11) is 3.16. The normalized spacial score (nSPS) is 14.0. The van der Waals surface area contributed by atoms with E-state index in [0.29, 0.717) is 11.2 Å². The predicted molar refractivity (Wildman–Crippen MR) is 117 cm³/mol. The minimum absolute atomic E-state index is 0. The molecule has 1 aromatic carbocycles. The average molecular weight is 418 g/mol. The zero-order chi connectivity index (χ0) is 19.7. The lowest BCUT2D eigenvalue weighted by Crippen LogP contribution is -2.37. The lowest BCUT2D eigenvalue weighted by Gasteiger charge is -2.28. The molecule has 0 N–H and O–H groups in total. The van der Waals surface area contributed by atoms with Crippen LogP contribution in [0, 0.1) is 0 Å². The molecule has 29 heavy (non-hydrogen) atoms. The molecular weight excluding hydrogens is 390 g/mol. The number of nitrogens with zero attached hydrogens (tertiary/aromatic N) is 5. The van der Waals surface area contributed by atoms with Crippen molar-refractivity contribution in [2.24, 2.45) is 14.1 Å². The van der Waals surface area contributed by atoms with Gasteiger partial charge in [-0.25, -0.2) is 9.78 Å². The maximum Gasteiger partial charge on any atom is 0.332 e. The van der Waals surface area contributed by atoms with Gasteiger partial charge in [0, 0.05) is 33.7 Å². The number of fused-ring (bicyclic) bond motifs is 2. The Labute approximate surface area is 176 Å². The molecule has 0 atom stereocenters. The van der Waals surface area contributed by atoms with Gasteiger partial charge in [-0.3, -0.25) is 18.8 Å². The predicted octanol–water partition coefficient (Wildman–Crippen LogP) is 2.08. The summed E-state index contributed by atoms with van der Waals surface area (Å²) in [5.74, 6) is 0. The molecule has 3 aromatic rings. The Balaban J connectivity index is 0.00000240. The highest BCUT2D eigenvalue weighted by Gasteiger charge is 2.16. The van der Waals surface area contributed by atoms with E-state index in [9.17, 15) is 9.59 Å². The minimum Gasteiger partial charge on any atom is -0.325 e. The summed E-state index contributed by atoms with van der Waals surface area (Å²) in [6.45, 7) is 4.03. The topological polar surface area (TPSA) is 65.1 Å². The summed E-state index contributed by atoms with van der Waals surface area (Å²) in [5, 5.41) is 0. The monoisotopic (exact) mass is 417 g/mol. The molecule has 0 saturated carbocycles. The molecule has 7 nitrogen and oxygen atoms in total. The largest absolute Gasteiger partial charge is 0.332 e. The van der Waals surface area contributed by atoms with Gasteiger partial charge in [-0.2, -0.15) is 0 Å². The third-order valence-corrected chi connectivity index (χ3v) is 5.80. The van der Waals surface area contributed by atoms with Gasteiger partial charge in [0.2, 0.25) is 0 Å². The zero-order valence-electron chi connectivity index (χ0n) is 17.0. The quantitative estimate of drug-likeness (QED) is 0.576. The minimum atomic E-state index is -0.342. The lowest BCUT2D eigenvalue weighted by atomic mass is 10.00. The summed E-state index contributed by atoms with van der Waals surface area (Å²) >= 11 is 0. The van der Waals surface area contributed by atoms with Crippen LogP contribution in [0.1, 0.15) is 30.4 Å². The van der Waals surface area contributed by atoms with Crippen molar-refractivity contribution in [1.82, 2.24) is 23.6 Å². The summed E-state index contributed by atoms with van der Waals surface area (Å²) in [4.78, 5) is 31.3. The van der Waals surface area contributed by atoms with Crippen LogP contribution in [-0.2, 0) is 33.6 Å². The number of imidazole rings is 1. The van der Waals surface area contributed by atoms with Crippen LogP contribution >= 0.6 is 12.4 Å². The van der Waals surface area contributed by atoms with E-state index in [4.69, 9.17) is 0 Å². The molecule has 0 saturated heterocycles. The molecule has 3 heterocycles. The van der Waals surface area contributed by atoms with Gasteiger partial charge in [0.15, 0.2) is 11.2 Å². The first-order chi connectivity index (χ1) is 13.6. The van der Waals surface area contributed by atoms with Crippen molar-refractivity contribution >= 4 is 23.6 Å². The molecule has 156 valence electrons. The Hall–Kier alpha value is -2.38. The second-order valence-corrected chi connectivity index (χ2v) is 7.67. The fourth-order valence-electron chi connectivity index (χ4n) is 4.11. The Kier molecular flexibility index (Phi) is 6.59. The number of aryl methyl sites for hydroxylation is 2. The van der Waals surface area contributed by atoms with E-state index in [1.807, 2.05) is 4.57 Å². The zero-order valence-corrected chi connectivity index (χ0v) is 17.8. The van der Waals surface area contributed by atoms with Gasteiger partial charge < -0.3 is 4.57 Å². The molecule has 0 aliphatic carbocycles. The molecule has 0 bridgehead atoms. The Morgan fingerprint density at radius 3 is 2.48 bits per heavy atom. The highest BCUT2D eigenvalue weighted by Crippen LogP contribution is 2.19. The molecule has 0 fully saturated rings. The molecular formula is C21H28ClN5O2. The standard InChI is InChI=1S/C21H27N5O2.ClH/c1-23-19-18(20(27)24(2)21(23)28)26(15-22-19)12-7-3-6-11-25-13-10-16-8-4-5-9-17(16)14-25;/h4-5,8-9,15H,3,6-7,10-14H2,1-2H3;1H. The number of unbranched alkanes of at least 4 members (excludes halogenated alkanes) is 2. The van der Waals surface area contributed by atoms with Gasteiger partial charge in [0.1, 0.15) is 0 Å². The van der Waals surface area contributed by atoms with Crippen LogP contribution in [0.5, 0.6) is 0 Å². The maximum absolute atomic E-state index is 12.5. The van der Waals surface area contributed by atoms with Crippen molar-refractivity contribution < 1.29 is 0 Å². The average Bonchev–Trinajstić information content (AvgIpc) is 3.14. The Morgan fingerprint density at radius 1 is 0.966 bits per heavy atom. The van der Waals surface area contributed by atoms with Crippen molar-refractivity contribution in [3.05, 3.63) is 62.6 Å². The number of hydrogen-bond donors (Lipinski definition) is 0. The van der Waals surface area contributed by atoms with E-state index in [1.54, 1.807) is 13.4 Å². The molecule has 2 aromatic heterocycles. The lowest BCUT2D eigenvalue weighted by molar-refractivity contribution is 0.248. The number of rotatable bonds is 6. The summed E-state index contributed by atoms with van der Waals surface area (Å²) < 4.78 is 4.46. The smallest absolute Gasteiger partial charge is 0.325 e.